The van der Waals surface area contributed by atoms with Gasteiger partial charge in [-0.25, -0.2) is 15.0 Å². The maximum absolute atomic E-state index is 13.0. The summed E-state index contributed by atoms with van der Waals surface area (Å²) in [5, 5.41) is 14.2. The van der Waals surface area contributed by atoms with Crippen LogP contribution in [-0.4, -0.2) is 72.8 Å². The van der Waals surface area contributed by atoms with E-state index in [1.807, 2.05) is 0 Å². The van der Waals surface area contributed by atoms with Crippen LogP contribution in [0.1, 0.15) is 37.3 Å². The van der Waals surface area contributed by atoms with Crippen LogP contribution in [0.5, 0.6) is 0 Å². The molecule has 4 fully saturated rings. The topological polar surface area (TPSA) is 107 Å². The van der Waals surface area contributed by atoms with Crippen molar-refractivity contribution < 1.29 is 9.32 Å². The van der Waals surface area contributed by atoms with Crippen molar-refractivity contribution in [3.8, 4) is 0 Å². The molecule has 2 aliphatic carbocycles. The molecule has 2 aromatic rings. The van der Waals surface area contributed by atoms with Crippen molar-refractivity contribution in [3.63, 3.8) is 0 Å². The molecule has 2 N–H and O–H groups in total. The third-order valence-corrected chi connectivity index (χ3v) is 10.2. The minimum absolute atomic E-state index is 0.0665. The number of aliphatic hydroxyl groups excluding tert-OH is 1. The molecule has 5 atom stereocenters. The minimum Gasteiger partial charge on any atom is -0.394 e. The first-order valence-corrected chi connectivity index (χ1v) is 13.3. The first-order valence-electron chi connectivity index (χ1n) is 11.7. The van der Waals surface area contributed by atoms with Crippen LogP contribution < -0.4 is 15.1 Å². The van der Waals surface area contributed by atoms with Crippen LogP contribution in [0.25, 0.3) is 0 Å². The molecule has 0 bridgehead atoms. The van der Waals surface area contributed by atoms with Gasteiger partial charge in [-0.1, -0.05) is 11.6 Å². The van der Waals surface area contributed by atoms with Crippen LogP contribution in [0.2, 0.25) is 5.02 Å². The molecule has 174 valence electrons. The van der Waals surface area contributed by atoms with E-state index in [9.17, 15) is 9.32 Å². The van der Waals surface area contributed by atoms with E-state index in [4.69, 9.17) is 21.6 Å². The first-order chi connectivity index (χ1) is 16.0. The van der Waals surface area contributed by atoms with E-state index in [0.717, 1.165) is 74.3 Å². The number of aromatic nitrogens is 4. The van der Waals surface area contributed by atoms with Crippen LogP contribution >= 0.6 is 11.6 Å². The van der Waals surface area contributed by atoms with Gasteiger partial charge in [0.1, 0.15) is 10.7 Å². The fourth-order valence-electron chi connectivity index (χ4n) is 5.94. The van der Waals surface area contributed by atoms with Gasteiger partial charge in [0.15, 0.2) is 0 Å². The number of aliphatic hydroxyl groups is 1. The molecular weight excluding hydrogens is 462 g/mol. The van der Waals surface area contributed by atoms with Crippen LogP contribution in [0.4, 0.5) is 17.7 Å². The van der Waals surface area contributed by atoms with E-state index in [2.05, 4.69) is 25.1 Å². The van der Waals surface area contributed by atoms with Gasteiger partial charge in [0, 0.05) is 49.2 Å². The summed E-state index contributed by atoms with van der Waals surface area (Å²) in [6, 6.07) is 0. The lowest BCUT2D eigenvalue weighted by Gasteiger charge is -2.41. The van der Waals surface area contributed by atoms with Crippen molar-refractivity contribution in [3.05, 3.63) is 23.1 Å². The fourth-order valence-corrected chi connectivity index (χ4v) is 7.84. The number of nitrogens with zero attached hydrogens (tertiary/aromatic N) is 6. The van der Waals surface area contributed by atoms with Crippen LogP contribution in [0.3, 0.4) is 0 Å². The number of fused-ring (bicyclic) bond motifs is 4. The molecule has 9 nitrogen and oxygen atoms in total. The van der Waals surface area contributed by atoms with Crippen molar-refractivity contribution in [2.45, 2.75) is 47.3 Å². The maximum atomic E-state index is 13.0. The summed E-state index contributed by atoms with van der Waals surface area (Å²) >= 11 is 5.94. The molecule has 2 saturated heterocycles. The number of halogens is 1. The zero-order valence-corrected chi connectivity index (χ0v) is 19.7. The van der Waals surface area contributed by atoms with E-state index in [1.54, 1.807) is 12.4 Å². The van der Waals surface area contributed by atoms with Gasteiger partial charge >= 0.3 is 0 Å². The Morgan fingerprint density at radius 3 is 2.36 bits per heavy atom. The van der Waals surface area contributed by atoms with E-state index in [1.165, 1.54) is 0 Å². The largest absolute Gasteiger partial charge is 0.394 e. The second-order valence-corrected chi connectivity index (χ2v) is 12.3. The Labute approximate surface area is 199 Å². The number of hydrogen-bond donors (Lipinski definition) is 2. The summed E-state index contributed by atoms with van der Waals surface area (Å²) in [6.45, 7) is 3.64. The van der Waals surface area contributed by atoms with Gasteiger partial charge in [-0.05, 0) is 25.7 Å². The monoisotopic (exact) mass is 487 g/mol. The Kier molecular flexibility index (Phi) is 4.46. The number of rotatable bonds is 5. The molecule has 2 saturated carbocycles. The summed E-state index contributed by atoms with van der Waals surface area (Å²) in [4.78, 5) is 23.9. The number of hydrogen-bond acceptors (Lipinski definition) is 9. The average Bonchev–Trinajstić information content (AvgIpc) is 3.22. The highest BCUT2D eigenvalue weighted by Gasteiger charge is 2.55. The minimum atomic E-state index is -1.05. The average molecular weight is 488 g/mol. The van der Waals surface area contributed by atoms with Gasteiger partial charge in [-0.15, -0.1) is 0 Å². The zero-order valence-electron chi connectivity index (χ0n) is 18.2. The molecule has 5 aliphatic rings. The van der Waals surface area contributed by atoms with Crippen molar-refractivity contribution in [2.75, 3.05) is 47.9 Å². The predicted molar refractivity (Wildman–Crippen MR) is 125 cm³/mol. The van der Waals surface area contributed by atoms with E-state index in [0.29, 0.717) is 28.6 Å². The lowest BCUT2D eigenvalue weighted by atomic mass is 9.77. The predicted octanol–water partition coefficient (Wildman–Crippen LogP) is 1.80. The fraction of sp³-hybridized carbons (Fsp3) is 0.636. The second kappa shape index (κ2) is 7.23. The van der Waals surface area contributed by atoms with Crippen LogP contribution in [0.15, 0.2) is 17.3 Å². The van der Waals surface area contributed by atoms with Crippen molar-refractivity contribution in [2.24, 2.45) is 11.8 Å². The molecule has 0 amide bonds. The molecule has 0 aromatic carbocycles. The third-order valence-electron chi connectivity index (χ3n) is 8.09. The Hall–Kier alpha value is -2.04. The Morgan fingerprint density at radius 2 is 1.76 bits per heavy atom. The molecule has 2 aromatic heterocycles. The maximum Gasteiger partial charge on any atom is 0.227 e. The van der Waals surface area contributed by atoms with Crippen LogP contribution in [0, 0.1) is 11.8 Å². The van der Waals surface area contributed by atoms with Gasteiger partial charge in [-0.2, -0.15) is 4.98 Å². The lowest BCUT2D eigenvalue weighted by Crippen LogP contribution is -2.48. The van der Waals surface area contributed by atoms with Gasteiger partial charge in [0.05, 0.1) is 46.1 Å². The van der Waals surface area contributed by atoms with Gasteiger partial charge in [-0.3, -0.25) is 4.21 Å². The van der Waals surface area contributed by atoms with Crippen molar-refractivity contribution >= 4 is 40.1 Å². The molecule has 7 rings (SSSR count). The Bertz CT molecular complexity index is 1120. The molecule has 0 spiro atoms. The standard InChI is InChI=1S/C22H26ClN7O2S/c23-14-5-24-20(25-6-14)29-7-12-9-30(10-13(12)8-29)21-26-17-15-4-16(15)33(32)18(17)19(27-21)28-22(11-31)2-1-3-22/h5-6,12-13,15-16,31H,1-4,7-11H2,(H,26,27,28)/t12?,13?,15?,16?,33-/m0/s1. The molecule has 0 radical (unpaired) electrons. The van der Waals surface area contributed by atoms with E-state index in [-0.39, 0.29) is 17.4 Å². The highest BCUT2D eigenvalue weighted by atomic mass is 35.5. The van der Waals surface area contributed by atoms with Crippen LogP contribution in [-0.2, 0) is 10.8 Å². The molecule has 11 heteroatoms. The first kappa shape index (κ1) is 20.3. The summed E-state index contributed by atoms with van der Waals surface area (Å²) < 4.78 is 13.0. The summed E-state index contributed by atoms with van der Waals surface area (Å²) in [5.41, 5.74) is 0.628. The Balaban J connectivity index is 1.14. The molecular formula is C22H26ClN7O2S. The van der Waals surface area contributed by atoms with Crippen molar-refractivity contribution in [1.82, 2.24) is 19.9 Å². The summed E-state index contributed by atoms with van der Waals surface area (Å²) in [6.07, 6.45) is 7.16. The number of nitrogens with one attached hydrogen (secondary N) is 1. The summed E-state index contributed by atoms with van der Waals surface area (Å²) in [5.74, 6) is 3.44. The SMILES string of the molecule is O=[S@@]1c2c(NC3(CO)CCC3)nc(N3CC4CN(c5ncc(Cl)cn5)CC4C3)nc2C2CC21. The Morgan fingerprint density at radius 1 is 1.09 bits per heavy atom. The van der Waals surface area contributed by atoms with E-state index < -0.39 is 10.8 Å². The van der Waals surface area contributed by atoms with Gasteiger partial charge in [0.25, 0.3) is 0 Å². The normalized spacial score (nSPS) is 32.8. The molecule has 4 unspecified atom stereocenters. The molecule has 3 aliphatic heterocycles. The lowest BCUT2D eigenvalue weighted by molar-refractivity contribution is 0.143. The van der Waals surface area contributed by atoms with Crippen molar-refractivity contribution in [1.29, 1.82) is 0 Å². The second-order valence-electron chi connectivity index (χ2n) is 10.2. The van der Waals surface area contributed by atoms with Gasteiger partial charge in [0.2, 0.25) is 11.9 Å². The highest BCUT2D eigenvalue weighted by molar-refractivity contribution is 7.86. The molecule has 5 heterocycles. The summed E-state index contributed by atoms with van der Waals surface area (Å²) in [7, 11) is -1.05. The smallest absolute Gasteiger partial charge is 0.227 e. The number of anilines is 3. The van der Waals surface area contributed by atoms with Gasteiger partial charge < -0.3 is 20.2 Å². The third kappa shape index (κ3) is 3.17. The van der Waals surface area contributed by atoms with E-state index >= 15 is 0 Å². The quantitative estimate of drug-likeness (QED) is 0.652. The zero-order chi connectivity index (χ0) is 22.3. The highest BCUT2D eigenvalue weighted by Crippen LogP contribution is 2.56. The molecule has 33 heavy (non-hydrogen) atoms.